The van der Waals surface area contributed by atoms with Crippen molar-refractivity contribution in [1.29, 1.82) is 0 Å². The van der Waals surface area contributed by atoms with E-state index in [0.29, 0.717) is 6.04 Å². The summed E-state index contributed by atoms with van der Waals surface area (Å²) in [6, 6.07) is 4.62. The molecule has 0 fully saturated rings. The van der Waals surface area contributed by atoms with Crippen LogP contribution in [0, 0.1) is 0 Å². The number of hydrogen-bond acceptors (Lipinski definition) is 3. The maximum atomic E-state index is 4.57. The first-order valence-corrected chi connectivity index (χ1v) is 7.53. The van der Waals surface area contributed by atoms with E-state index in [1.165, 1.54) is 36.2 Å². The summed E-state index contributed by atoms with van der Waals surface area (Å²) in [6.45, 7) is 4.31. The predicted molar refractivity (Wildman–Crippen MR) is 79.2 cm³/mol. The highest BCUT2D eigenvalue weighted by Crippen LogP contribution is 2.32. The van der Waals surface area contributed by atoms with Crippen LogP contribution in [-0.2, 0) is 13.0 Å². The number of H-pyrrole nitrogens is 1. The summed E-state index contributed by atoms with van der Waals surface area (Å²) in [5.74, 6) is 0. The van der Waals surface area contributed by atoms with Crippen LogP contribution in [0.15, 0.2) is 30.9 Å². The lowest BCUT2D eigenvalue weighted by Crippen LogP contribution is -2.35. The van der Waals surface area contributed by atoms with Gasteiger partial charge in [-0.1, -0.05) is 25.8 Å². The summed E-state index contributed by atoms with van der Waals surface area (Å²) in [5, 5.41) is 0. The quantitative estimate of drug-likeness (QED) is 0.908. The van der Waals surface area contributed by atoms with E-state index in [-0.39, 0.29) is 0 Å². The molecule has 0 saturated carbocycles. The molecule has 0 saturated heterocycles. The van der Waals surface area contributed by atoms with Crippen molar-refractivity contribution in [2.45, 2.75) is 45.2 Å². The summed E-state index contributed by atoms with van der Waals surface area (Å²) in [6.07, 6.45) is 10.4. The highest BCUT2D eigenvalue weighted by atomic mass is 15.2. The van der Waals surface area contributed by atoms with Crippen molar-refractivity contribution in [3.8, 4) is 0 Å². The van der Waals surface area contributed by atoms with Gasteiger partial charge in [0, 0.05) is 37.6 Å². The molecule has 2 aromatic rings. The maximum Gasteiger partial charge on any atom is 0.0925 e. The molecule has 1 aliphatic heterocycles. The molecule has 1 atom stereocenters. The average molecular weight is 270 g/mol. The van der Waals surface area contributed by atoms with Gasteiger partial charge in [-0.2, -0.15) is 0 Å². The smallest absolute Gasteiger partial charge is 0.0925 e. The van der Waals surface area contributed by atoms with Crippen LogP contribution in [0.3, 0.4) is 0 Å². The largest absolute Gasteiger partial charge is 0.348 e. The summed E-state index contributed by atoms with van der Waals surface area (Å²) in [5.41, 5.74) is 3.87. The van der Waals surface area contributed by atoms with E-state index in [0.717, 1.165) is 19.5 Å². The number of fused-ring (bicyclic) bond motifs is 1. The third-order valence-corrected chi connectivity index (χ3v) is 4.10. The van der Waals surface area contributed by atoms with E-state index < -0.39 is 0 Å². The Morgan fingerprint density at radius 1 is 1.45 bits per heavy atom. The minimum Gasteiger partial charge on any atom is -0.348 e. The highest BCUT2D eigenvalue weighted by Gasteiger charge is 2.28. The molecule has 4 nitrogen and oxygen atoms in total. The van der Waals surface area contributed by atoms with E-state index in [2.05, 4.69) is 32.8 Å². The van der Waals surface area contributed by atoms with Gasteiger partial charge in [-0.3, -0.25) is 9.88 Å². The Bertz CT molecular complexity index is 534. The molecule has 0 aliphatic carbocycles. The molecule has 4 heteroatoms. The van der Waals surface area contributed by atoms with Gasteiger partial charge in [0.05, 0.1) is 18.1 Å². The zero-order valence-corrected chi connectivity index (χ0v) is 12.0. The molecule has 0 aromatic carbocycles. The van der Waals surface area contributed by atoms with Crippen LogP contribution in [0.2, 0.25) is 0 Å². The topological polar surface area (TPSA) is 44.8 Å². The lowest BCUT2D eigenvalue weighted by atomic mass is 9.97. The number of rotatable bonds is 5. The molecule has 106 valence electrons. The second-order valence-corrected chi connectivity index (χ2v) is 5.51. The number of aromatic nitrogens is 3. The number of aromatic amines is 1. The Labute approximate surface area is 120 Å². The molecule has 3 rings (SSSR count). The SMILES string of the molecule is CCCC[C@@H]1c2nc[nH]c2CCN1Cc1cccnc1. The fourth-order valence-electron chi connectivity index (χ4n) is 3.04. The fourth-order valence-corrected chi connectivity index (χ4v) is 3.04. The molecule has 1 N–H and O–H groups in total. The standard InChI is InChI=1S/C16H22N4/c1-2-3-6-15-16-14(18-12-19-16)7-9-20(15)11-13-5-4-8-17-10-13/h4-5,8,10,12,15H,2-3,6-7,9,11H2,1H3,(H,18,19)/t15-/m1/s1. The molecule has 3 heterocycles. The summed E-state index contributed by atoms with van der Waals surface area (Å²) in [7, 11) is 0. The van der Waals surface area contributed by atoms with Crippen molar-refractivity contribution in [2.75, 3.05) is 6.54 Å². The van der Waals surface area contributed by atoms with Crippen molar-refractivity contribution < 1.29 is 0 Å². The first kappa shape index (κ1) is 13.3. The number of hydrogen-bond donors (Lipinski definition) is 1. The third kappa shape index (κ3) is 2.75. The van der Waals surface area contributed by atoms with Crippen molar-refractivity contribution >= 4 is 0 Å². The van der Waals surface area contributed by atoms with Crippen LogP contribution in [0.5, 0.6) is 0 Å². The maximum absolute atomic E-state index is 4.57. The van der Waals surface area contributed by atoms with Crippen LogP contribution in [0.25, 0.3) is 0 Å². The van der Waals surface area contributed by atoms with Crippen LogP contribution < -0.4 is 0 Å². The molecule has 20 heavy (non-hydrogen) atoms. The zero-order chi connectivity index (χ0) is 13.8. The number of unbranched alkanes of at least 4 members (excludes halogenated alkanes) is 1. The van der Waals surface area contributed by atoms with Crippen LogP contribution in [-0.4, -0.2) is 26.4 Å². The summed E-state index contributed by atoms with van der Waals surface area (Å²) in [4.78, 5) is 14.6. The Hall–Kier alpha value is -1.68. The Balaban J connectivity index is 1.79. The van der Waals surface area contributed by atoms with Gasteiger partial charge < -0.3 is 4.98 Å². The second-order valence-electron chi connectivity index (χ2n) is 5.51. The number of imidazole rings is 1. The van der Waals surface area contributed by atoms with Crippen molar-refractivity contribution in [1.82, 2.24) is 19.9 Å². The minimum atomic E-state index is 0.449. The Kier molecular flexibility index (Phi) is 4.11. The van der Waals surface area contributed by atoms with Crippen LogP contribution >= 0.6 is 0 Å². The van der Waals surface area contributed by atoms with Crippen LogP contribution in [0.4, 0.5) is 0 Å². The first-order chi connectivity index (χ1) is 9.88. The first-order valence-electron chi connectivity index (χ1n) is 7.53. The molecule has 0 spiro atoms. The summed E-state index contributed by atoms with van der Waals surface area (Å²) >= 11 is 0. The predicted octanol–water partition coefficient (Wildman–Crippen LogP) is 3.09. The van der Waals surface area contributed by atoms with E-state index >= 15 is 0 Å². The summed E-state index contributed by atoms with van der Waals surface area (Å²) < 4.78 is 0. The number of nitrogens with zero attached hydrogens (tertiary/aromatic N) is 3. The van der Waals surface area contributed by atoms with Gasteiger partial charge in [0.1, 0.15) is 0 Å². The van der Waals surface area contributed by atoms with Crippen LogP contribution in [0.1, 0.15) is 49.2 Å². The van der Waals surface area contributed by atoms with Gasteiger partial charge in [-0.15, -0.1) is 0 Å². The van der Waals surface area contributed by atoms with Gasteiger partial charge in [0.2, 0.25) is 0 Å². The monoisotopic (exact) mass is 270 g/mol. The highest BCUT2D eigenvalue weighted by molar-refractivity contribution is 5.20. The van der Waals surface area contributed by atoms with E-state index in [1.54, 1.807) is 0 Å². The Morgan fingerprint density at radius 2 is 2.40 bits per heavy atom. The molecule has 0 unspecified atom stereocenters. The normalized spacial score (nSPS) is 18.9. The molecule has 0 amide bonds. The molecule has 0 bridgehead atoms. The minimum absolute atomic E-state index is 0.449. The van der Waals surface area contributed by atoms with Gasteiger partial charge in [-0.05, 0) is 18.1 Å². The van der Waals surface area contributed by atoms with Gasteiger partial charge in [0.15, 0.2) is 0 Å². The van der Waals surface area contributed by atoms with E-state index in [4.69, 9.17) is 0 Å². The average Bonchev–Trinajstić information content (AvgIpc) is 2.96. The molecule has 1 aliphatic rings. The molecule has 0 radical (unpaired) electrons. The Morgan fingerprint density at radius 3 is 3.20 bits per heavy atom. The molecular weight excluding hydrogens is 248 g/mol. The third-order valence-electron chi connectivity index (χ3n) is 4.10. The van der Waals surface area contributed by atoms with E-state index in [9.17, 15) is 0 Å². The lowest BCUT2D eigenvalue weighted by Gasteiger charge is -2.35. The van der Waals surface area contributed by atoms with Gasteiger partial charge in [-0.25, -0.2) is 4.98 Å². The second kappa shape index (κ2) is 6.18. The van der Waals surface area contributed by atoms with Crippen molar-refractivity contribution in [2.24, 2.45) is 0 Å². The van der Waals surface area contributed by atoms with Crippen molar-refractivity contribution in [3.63, 3.8) is 0 Å². The molecule has 2 aromatic heterocycles. The van der Waals surface area contributed by atoms with Gasteiger partial charge >= 0.3 is 0 Å². The van der Waals surface area contributed by atoms with Gasteiger partial charge in [0.25, 0.3) is 0 Å². The van der Waals surface area contributed by atoms with E-state index in [1.807, 2.05) is 24.8 Å². The number of pyridine rings is 1. The number of nitrogens with one attached hydrogen (secondary N) is 1. The fraction of sp³-hybridized carbons (Fsp3) is 0.500. The molecular formula is C16H22N4. The van der Waals surface area contributed by atoms with Crippen molar-refractivity contribution in [3.05, 3.63) is 47.8 Å². The lowest BCUT2D eigenvalue weighted by molar-refractivity contribution is 0.160. The zero-order valence-electron chi connectivity index (χ0n) is 12.0.